The zero-order valence-electron chi connectivity index (χ0n) is 22.0. The van der Waals surface area contributed by atoms with Gasteiger partial charge in [-0.25, -0.2) is 0 Å². The lowest BCUT2D eigenvalue weighted by atomic mass is 9.82. The molecule has 0 bridgehead atoms. The standard InChI is InChI=1S/C40H26/c1-5-13-27(14-6-1)32-23-31-21-22-34-38(30-19-11-4-12-20-30)36(29-17-9-3-10-18-29)26-33-25-35(28-15-7-2-8-16-28)37(24-32)39(31)40(33)34/h1-26H. The molecule has 0 aliphatic carbocycles. The summed E-state index contributed by atoms with van der Waals surface area (Å²) in [4.78, 5) is 0. The van der Waals surface area contributed by atoms with Crippen molar-refractivity contribution in [3.05, 3.63) is 158 Å². The Bertz CT molecular complexity index is 2100. The lowest BCUT2D eigenvalue weighted by molar-refractivity contribution is 1.61. The summed E-state index contributed by atoms with van der Waals surface area (Å²) in [6, 6.07) is 57.5. The second-order valence-electron chi connectivity index (χ2n) is 10.5. The maximum Gasteiger partial charge on any atom is -0.00197 e. The molecular weight excluding hydrogens is 480 g/mol. The molecule has 0 aliphatic rings. The van der Waals surface area contributed by atoms with Gasteiger partial charge in [0.15, 0.2) is 0 Å². The van der Waals surface area contributed by atoms with Crippen molar-refractivity contribution >= 4 is 32.3 Å². The topological polar surface area (TPSA) is 0 Å². The van der Waals surface area contributed by atoms with Crippen molar-refractivity contribution < 1.29 is 0 Å². The van der Waals surface area contributed by atoms with E-state index >= 15 is 0 Å². The van der Waals surface area contributed by atoms with E-state index in [9.17, 15) is 0 Å². The largest absolute Gasteiger partial charge is 0.0622 e. The lowest BCUT2D eigenvalue weighted by Crippen LogP contribution is -1.94. The number of hydrogen-bond donors (Lipinski definition) is 0. The molecule has 0 aromatic heterocycles. The third kappa shape index (κ3) is 3.61. The van der Waals surface area contributed by atoms with E-state index < -0.39 is 0 Å². The predicted octanol–water partition coefficient (Wildman–Crippen LogP) is 11.3. The van der Waals surface area contributed by atoms with Crippen LogP contribution in [0.15, 0.2) is 158 Å². The van der Waals surface area contributed by atoms with Crippen LogP contribution >= 0.6 is 0 Å². The highest BCUT2D eigenvalue weighted by Crippen LogP contribution is 2.47. The van der Waals surface area contributed by atoms with Gasteiger partial charge in [0.2, 0.25) is 0 Å². The lowest BCUT2D eigenvalue weighted by Gasteiger charge is -2.21. The van der Waals surface area contributed by atoms with Gasteiger partial charge in [-0.05, 0) is 101 Å². The van der Waals surface area contributed by atoms with Crippen molar-refractivity contribution in [2.75, 3.05) is 0 Å². The average molecular weight is 507 g/mol. The molecular formula is C40H26. The zero-order chi connectivity index (χ0) is 26.5. The molecule has 8 aromatic rings. The monoisotopic (exact) mass is 506 g/mol. The molecule has 0 heteroatoms. The Morgan fingerprint density at radius 2 is 0.775 bits per heavy atom. The number of rotatable bonds is 4. The van der Waals surface area contributed by atoms with Gasteiger partial charge in [-0.3, -0.25) is 0 Å². The van der Waals surface area contributed by atoms with E-state index in [2.05, 4.69) is 158 Å². The molecule has 8 aromatic carbocycles. The van der Waals surface area contributed by atoms with E-state index in [1.165, 1.54) is 76.8 Å². The molecule has 0 aliphatic heterocycles. The molecule has 0 saturated heterocycles. The Morgan fingerprint density at radius 1 is 0.275 bits per heavy atom. The second-order valence-corrected chi connectivity index (χ2v) is 10.5. The molecule has 0 fully saturated rings. The summed E-state index contributed by atoms with van der Waals surface area (Å²) >= 11 is 0. The Labute approximate surface area is 234 Å². The third-order valence-electron chi connectivity index (χ3n) is 8.17. The van der Waals surface area contributed by atoms with Crippen LogP contribution in [0.2, 0.25) is 0 Å². The fourth-order valence-corrected chi connectivity index (χ4v) is 6.39. The summed E-state index contributed by atoms with van der Waals surface area (Å²) in [6.45, 7) is 0. The fraction of sp³-hybridized carbons (Fsp3) is 0. The highest BCUT2D eigenvalue weighted by molar-refractivity contribution is 6.30. The van der Waals surface area contributed by atoms with Crippen LogP contribution in [0, 0.1) is 0 Å². The second kappa shape index (κ2) is 9.22. The van der Waals surface area contributed by atoms with Crippen molar-refractivity contribution in [1.82, 2.24) is 0 Å². The molecule has 8 rings (SSSR count). The maximum absolute atomic E-state index is 2.41. The predicted molar refractivity (Wildman–Crippen MR) is 172 cm³/mol. The van der Waals surface area contributed by atoms with Crippen LogP contribution in [0.4, 0.5) is 0 Å². The third-order valence-corrected chi connectivity index (χ3v) is 8.17. The number of benzene rings is 8. The highest BCUT2D eigenvalue weighted by Gasteiger charge is 2.20. The Morgan fingerprint density at radius 3 is 1.40 bits per heavy atom. The fourth-order valence-electron chi connectivity index (χ4n) is 6.39. The molecule has 0 spiro atoms. The Kier molecular flexibility index (Phi) is 5.24. The van der Waals surface area contributed by atoms with Gasteiger partial charge in [-0.2, -0.15) is 0 Å². The van der Waals surface area contributed by atoms with Crippen LogP contribution in [0.3, 0.4) is 0 Å². The molecule has 40 heavy (non-hydrogen) atoms. The van der Waals surface area contributed by atoms with E-state index in [0.717, 1.165) is 0 Å². The Hall–Kier alpha value is -5.20. The van der Waals surface area contributed by atoms with Gasteiger partial charge in [-0.15, -0.1) is 0 Å². The van der Waals surface area contributed by atoms with Gasteiger partial charge in [0.05, 0.1) is 0 Å². The first-order chi connectivity index (χ1) is 19.8. The van der Waals surface area contributed by atoms with Gasteiger partial charge in [0.1, 0.15) is 0 Å². The normalized spacial score (nSPS) is 11.5. The van der Waals surface area contributed by atoms with Gasteiger partial charge < -0.3 is 0 Å². The van der Waals surface area contributed by atoms with Crippen molar-refractivity contribution in [2.24, 2.45) is 0 Å². The van der Waals surface area contributed by atoms with Crippen LogP contribution in [0.1, 0.15) is 0 Å². The first kappa shape index (κ1) is 22.8. The minimum atomic E-state index is 1.24. The smallest absolute Gasteiger partial charge is 0.00197 e. The first-order valence-electron chi connectivity index (χ1n) is 13.9. The molecule has 186 valence electrons. The van der Waals surface area contributed by atoms with Crippen LogP contribution in [0.5, 0.6) is 0 Å². The maximum atomic E-state index is 2.41. The number of hydrogen-bond acceptors (Lipinski definition) is 0. The quantitative estimate of drug-likeness (QED) is 0.208. The molecule has 0 amide bonds. The molecule has 0 saturated carbocycles. The van der Waals surface area contributed by atoms with E-state index in [4.69, 9.17) is 0 Å². The summed E-state index contributed by atoms with van der Waals surface area (Å²) in [7, 11) is 0. The molecule has 0 atom stereocenters. The van der Waals surface area contributed by atoms with Crippen LogP contribution in [0.25, 0.3) is 76.8 Å². The van der Waals surface area contributed by atoms with E-state index in [0.29, 0.717) is 0 Å². The van der Waals surface area contributed by atoms with Gasteiger partial charge in [0.25, 0.3) is 0 Å². The molecule has 0 heterocycles. The Balaban J connectivity index is 1.56. The molecule has 0 N–H and O–H groups in total. The van der Waals surface area contributed by atoms with Crippen LogP contribution in [-0.2, 0) is 0 Å². The van der Waals surface area contributed by atoms with E-state index in [1.54, 1.807) is 0 Å². The summed E-state index contributed by atoms with van der Waals surface area (Å²) in [5.74, 6) is 0. The molecule has 0 nitrogen and oxygen atoms in total. The van der Waals surface area contributed by atoms with E-state index in [-0.39, 0.29) is 0 Å². The highest BCUT2D eigenvalue weighted by atomic mass is 14.2. The minimum Gasteiger partial charge on any atom is -0.0622 e. The summed E-state index contributed by atoms with van der Waals surface area (Å²) in [6.07, 6.45) is 0. The van der Waals surface area contributed by atoms with Gasteiger partial charge in [0, 0.05) is 0 Å². The SMILES string of the molecule is c1ccc(-c2cc3ccc4c(-c5ccccc5)c(-c5ccccc5)cc5cc(-c6ccccc6)c(c2)c3c54)cc1. The summed E-state index contributed by atoms with van der Waals surface area (Å²) in [5, 5.41) is 7.82. The van der Waals surface area contributed by atoms with Crippen molar-refractivity contribution in [1.29, 1.82) is 0 Å². The van der Waals surface area contributed by atoms with E-state index in [1.807, 2.05) is 0 Å². The zero-order valence-corrected chi connectivity index (χ0v) is 22.0. The minimum absolute atomic E-state index is 1.24. The van der Waals surface area contributed by atoms with Crippen LogP contribution < -0.4 is 0 Å². The first-order valence-corrected chi connectivity index (χ1v) is 13.9. The van der Waals surface area contributed by atoms with Crippen molar-refractivity contribution in [3.8, 4) is 44.5 Å². The summed E-state index contributed by atoms with van der Waals surface area (Å²) < 4.78 is 0. The van der Waals surface area contributed by atoms with Gasteiger partial charge in [-0.1, -0.05) is 133 Å². The van der Waals surface area contributed by atoms with Crippen LogP contribution in [-0.4, -0.2) is 0 Å². The van der Waals surface area contributed by atoms with Crippen molar-refractivity contribution in [3.63, 3.8) is 0 Å². The van der Waals surface area contributed by atoms with Crippen molar-refractivity contribution in [2.45, 2.75) is 0 Å². The summed E-state index contributed by atoms with van der Waals surface area (Å²) in [5.41, 5.74) is 10.0. The van der Waals surface area contributed by atoms with Gasteiger partial charge >= 0.3 is 0 Å². The average Bonchev–Trinajstić information content (AvgIpc) is 3.04. The molecule has 0 radical (unpaired) electrons. The molecule has 0 unspecified atom stereocenters.